The molecule has 1 N–H and O–H groups in total. The molecular weight excluding hydrogens is 254 g/mol. The lowest BCUT2D eigenvalue weighted by Gasteiger charge is -1.99. The number of rotatable bonds is 3. The second-order valence-corrected chi connectivity index (χ2v) is 4.86. The van der Waals surface area contributed by atoms with Gasteiger partial charge in [0.2, 0.25) is 0 Å². The van der Waals surface area contributed by atoms with Crippen molar-refractivity contribution in [1.29, 1.82) is 0 Å². The van der Waals surface area contributed by atoms with Crippen LogP contribution in [0.25, 0.3) is 0 Å². The molecule has 0 saturated carbocycles. The molecule has 0 aliphatic rings. The Morgan fingerprint density at radius 3 is 2.50 bits per heavy atom. The summed E-state index contributed by atoms with van der Waals surface area (Å²) in [4.78, 5) is 15.4. The van der Waals surface area contributed by atoms with Crippen LogP contribution in [0, 0.1) is 20.8 Å². The number of carboxylic acid groups (broad SMARTS) is 1. The lowest BCUT2D eigenvalue weighted by molar-refractivity contribution is 0.0692. The second-order valence-electron chi connectivity index (χ2n) is 3.92. The van der Waals surface area contributed by atoms with Crippen LogP contribution in [0.2, 0.25) is 0 Å². The lowest BCUT2D eigenvalue weighted by atomic mass is 10.3. The van der Waals surface area contributed by atoms with Crippen molar-refractivity contribution in [2.45, 2.75) is 31.0 Å². The summed E-state index contributed by atoms with van der Waals surface area (Å²) in [6.45, 7) is 5.33. The summed E-state index contributed by atoms with van der Waals surface area (Å²) in [6, 6.07) is 0. The quantitative estimate of drug-likeness (QED) is 0.918. The Bertz CT molecular complexity index is 596. The molecule has 6 nitrogen and oxygen atoms in total. The van der Waals surface area contributed by atoms with E-state index in [0.29, 0.717) is 15.9 Å². The van der Waals surface area contributed by atoms with Gasteiger partial charge in [-0.25, -0.2) is 9.78 Å². The molecule has 0 aliphatic carbocycles. The molecule has 2 rings (SSSR count). The minimum atomic E-state index is -0.997. The highest BCUT2D eigenvalue weighted by Crippen LogP contribution is 2.32. The third-order valence-corrected chi connectivity index (χ3v) is 3.59. The van der Waals surface area contributed by atoms with E-state index in [1.807, 2.05) is 13.8 Å². The molecule has 2 aromatic rings. The van der Waals surface area contributed by atoms with Gasteiger partial charge in [0.1, 0.15) is 16.3 Å². The molecule has 0 unspecified atom stereocenters. The average molecular weight is 267 g/mol. The van der Waals surface area contributed by atoms with Gasteiger partial charge >= 0.3 is 5.97 Å². The predicted molar refractivity (Wildman–Crippen MR) is 65.0 cm³/mol. The molecule has 0 aliphatic heterocycles. The van der Waals surface area contributed by atoms with Crippen molar-refractivity contribution < 1.29 is 14.3 Å². The van der Waals surface area contributed by atoms with E-state index in [-0.39, 0.29) is 5.56 Å². The summed E-state index contributed by atoms with van der Waals surface area (Å²) in [7, 11) is 1.70. The van der Waals surface area contributed by atoms with Crippen molar-refractivity contribution in [3.05, 3.63) is 22.7 Å². The minimum absolute atomic E-state index is 0.191. The Balaban J connectivity index is 2.42. The highest BCUT2D eigenvalue weighted by molar-refractivity contribution is 7.99. The van der Waals surface area contributed by atoms with Crippen LogP contribution in [-0.2, 0) is 7.05 Å². The summed E-state index contributed by atoms with van der Waals surface area (Å²) in [5.74, 6) is -0.267. The number of oxazole rings is 1. The monoisotopic (exact) mass is 267 g/mol. The van der Waals surface area contributed by atoms with Crippen LogP contribution >= 0.6 is 11.8 Å². The highest BCUT2D eigenvalue weighted by atomic mass is 32.2. The Kier molecular flexibility index (Phi) is 3.16. The lowest BCUT2D eigenvalue weighted by Crippen LogP contribution is -2.00. The minimum Gasteiger partial charge on any atom is -0.478 e. The first kappa shape index (κ1) is 12.7. The largest absolute Gasteiger partial charge is 0.478 e. The molecule has 0 aromatic carbocycles. The van der Waals surface area contributed by atoms with E-state index < -0.39 is 5.97 Å². The van der Waals surface area contributed by atoms with Gasteiger partial charge in [-0.1, -0.05) is 0 Å². The van der Waals surface area contributed by atoms with Crippen LogP contribution < -0.4 is 0 Å². The number of aromatic nitrogens is 3. The standard InChI is InChI=1S/C11H13N3O3S/c1-5-7(3)17-11(12-5)18-9-8(10(15)16)6(2)13-14(9)4/h1-4H3,(H,15,16). The van der Waals surface area contributed by atoms with E-state index >= 15 is 0 Å². The number of carbonyl (C=O) groups is 1. The Hall–Kier alpha value is -1.76. The molecular formula is C11H13N3O3S. The van der Waals surface area contributed by atoms with E-state index in [2.05, 4.69) is 10.1 Å². The first-order chi connectivity index (χ1) is 8.40. The average Bonchev–Trinajstić information content (AvgIpc) is 2.69. The smallest absolute Gasteiger partial charge is 0.340 e. The van der Waals surface area contributed by atoms with Gasteiger partial charge in [-0.3, -0.25) is 4.68 Å². The Morgan fingerprint density at radius 1 is 1.33 bits per heavy atom. The molecule has 0 spiro atoms. The highest BCUT2D eigenvalue weighted by Gasteiger charge is 2.22. The van der Waals surface area contributed by atoms with E-state index in [9.17, 15) is 9.90 Å². The molecule has 0 atom stereocenters. The third-order valence-electron chi connectivity index (χ3n) is 2.58. The molecule has 96 valence electrons. The van der Waals surface area contributed by atoms with Crippen LogP contribution in [0.15, 0.2) is 14.7 Å². The molecule has 18 heavy (non-hydrogen) atoms. The number of hydrogen-bond acceptors (Lipinski definition) is 5. The van der Waals surface area contributed by atoms with Crippen LogP contribution in [0.3, 0.4) is 0 Å². The SMILES string of the molecule is Cc1nc(Sc2c(C(=O)O)c(C)nn2C)oc1C. The first-order valence-electron chi connectivity index (χ1n) is 5.29. The Labute approximate surface area is 108 Å². The third kappa shape index (κ3) is 2.13. The van der Waals surface area contributed by atoms with Crippen LogP contribution in [0.4, 0.5) is 0 Å². The summed E-state index contributed by atoms with van der Waals surface area (Å²) in [5.41, 5.74) is 1.47. The fourth-order valence-electron chi connectivity index (χ4n) is 1.57. The topological polar surface area (TPSA) is 81.1 Å². The van der Waals surface area contributed by atoms with E-state index in [0.717, 1.165) is 11.5 Å². The normalized spacial score (nSPS) is 10.9. The number of carboxylic acids is 1. The number of aromatic carboxylic acids is 1. The van der Waals surface area contributed by atoms with Gasteiger partial charge in [0, 0.05) is 7.05 Å². The number of hydrogen-bond donors (Lipinski definition) is 1. The van der Waals surface area contributed by atoms with Crippen molar-refractivity contribution in [3.63, 3.8) is 0 Å². The van der Waals surface area contributed by atoms with Crippen molar-refractivity contribution in [1.82, 2.24) is 14.8 Å². The first-order valence-corrected chi connectivity index (χ1v) is 6.10. The Morgan fingerprint density at radius 2 is 2.00 bits per heavy atom. The van der Waals surface area contributed by atoms with Crippen LogP contribution in [-0.4, -0.2) is 25.8 Å². The maximum Gasteiger partial charge on any atom is 0.340 e. The summed E-state index contributed by atoms with van der Waals surface area (Å²) in [5, 5.41) is 14.2. The van der Waals surface area contributed by atoms with Crippen LogP contribution in [0.5, 0.6) is 0 Å². The van der Waals surface area contributed by atoms with Gasteiger partial charge in [0.25, 0.3) is 5.22 Å². The summed E-state index contributed by atoms with van der Waals surface area (Å²) < 4.78 is 6.96. The number of aryl methyl sites for hydroxylation is 4. The zero-order valence-electron chi connectivity index (χ0n) is 10.5. The van der Waals surface area contributed by atoms with E-state index in [1.54, 1.807) is 14.0 Å². The molecule has 0 saturated heterocycles. The van der Waals surface area contributed by atoms with Gasteiger partial charge in [-0.05, 0) is 32.5 Å². The molecule has 0 radical (unpaired) electrons. The molecule has 2 aromatic heterocycles. The summed E-state index contributed by atoms with van der Waals surface area (Å²) in [6.07, 6.45) is 0. The maximum absolute atomic E-state index is 11.2. The fraction of sp³-hybridized carbons (Fsp3) is 0.364. The van der Waals surface area contributed by atoms with Crippen molar-refractivity contribution >= 4 is 17.7 Å². The van der Waals surface area contributed by atoms with Crippen molar-refractivity contribution in [2.24, 2.45) is 7.05 Å². The molecule has 2 heterocycles. The summed E-state index contributed by atoms with van der Waals surface area (Å²) >= 11 is 1.17. The second kappa shape index (κ2) is 4.49. The van der Waals surface area contributed by atoms with E-state index in [4.69, 9.17) is 4.42 Å². The molecule has 0 amide bonds. The van der Waals surface area contributed by atoms with Gasteiger partial charge in [-0.2, -0.15) is 5.10 Å². The van der Waals surface area contributed by atoms with Crippen molar-refractivity contribution in [2.75, 3.05) is 0 Å². The van der Waals surface area contributed by atoms with E-state index in [1.165, 1.54) is 16.4 Å². The molecule has 0 bridgehead atoms. The van der Waals surface area contributed by atoms with Crippen LogP contribution in [0.1, 0.15) is 27.5 Å². The maximum atomic E-state index is 11.2. The van der Waals surface area contributed by atoms with Gasteiger partial charge in [0.15, 0.2) is 0 Å². The predicted octanol–water partition coefficient (Wildman–Crippen LogP) is 2.18. The molecule has 0 fully saturated rings. The van der Waals surface area contributed by atoms with Gasteiger partial charge < -0.3 is 9.52 Å². The van der Waals surface area contributed by atoms with Crippen molar-refractivity contribution in [3.8, 4) is 0 Å². The zero-order chi connectivity index (χ0) is 13.4. The molecule has 7 heteroatoms. The fourth-order valence-corrected chi connectivity index (χ4v) is 2.59. The van der Waals surface area contributed by atoms with Gasteiger partial charge in [0.05, 0.1) is 11.4 Å². The number of nitrogens with zero attached hydrogens (tertiary/aromatic N) is 3. The zero-order valence-corrected chi connectivity index (χ0v) is 11.3. The van der Waals surface area contributed by atoms with Gasteiger partial charge in [-0.15, -0.1) is 0 Å².